The topological polar surface area (TPSA) is 81.4 Å². The molecule has 0 spiro atoms. The summed E-state index contributed by atoms with van der Waals surface area (Å²) < 4.78 is 4.64. The number of amides is 1. The van der Waals surface area contributed by atoms with Crippen LogP contribution in [-0.2, 0) is 9.53 Å². The Hall–Kier alpha value is -1.88. The summed E-state index contributed by atoms with van der Waals surface area (Å²) in [6, 6.07) is 6.09. The van der Waals surface area contributed by atoms with Gasteiger partial charge in [0.25, 0.3) is 0 Å². The highest BCUT2D eigenvalue weighted by atomic mass is 16.5. The number of carbonyl (C=O) groups excluding carboxylic acids is 2. The van der Waals surface area contributed by atoms with Crippen LogP contribution >= 0.6 is 0 Å². The highest BCUT2D eigenvalue weighted by molar-refractivity contribution is 6.02. The fourth-order valence-electron chi connectivity index (χ4n) is 1.55. The number of carbonyl (C=O) groups is 2. The first-order chi connectivity index (χ1) is 8.60. The maximum atomic E-state index is 11.8. The van der Waals surface area contributed by atoms with Gasteiger partial charge in [-0.1, -0.05) is 25.5 Å². The summed E-state index contributed by atoms with van der Waals surface area (Å²) >= 11 is 0. The molecule has 0 aliphatic heterocycles. The molecule has 98 valence electrons. The number of anilines is 1. The second kappa shape index (κ2) is 6.76. The maximum Gasteiger partial charge on any atom is 0.339 e. The number of rotatable bonds is 5. The third-order valence-electron chi connectivity index (χ3n) is 2.53. The average Bonchev–Trinajstić information content (AvgIpc) is 2.38. The minimum Gasteiger partial charge on any atom is -0.465 e. The quantitative estimate of drug-likeness (QED) is 0.777. The van der Waals surface area contributed by atoms with E-state index >= 15 is 0 Å². The smallest absolute Gasteiger partial charge is 0.339 e. The van der Waals surface area contributed by atoms with E-state index in [1.165, 1.54) is 7.11 Å². The standard InChI is InChI=1S/C13H18N2O3/c1-3-6-10(14)12(16)15-11-8-5-4-7-9(11)13(17)18-2/h4-5,7-8,10H,3,6,14H2,1-2H3,(H,15,16)/t10-/m0/s1. The number of nitrogens with one attached hydrogen (secondary N) is 1. The molecule has 0 saturated heterocycles. The number of ether oxygens (including phenoxy) is 1. The molecule has 1 atom stereocenters. The van der Waals surface area contributed by atoms with Crippen LogP contribution in [0.15, 0.2) is 24.3 Å². The molecule has 1 aromatic rings. The Morgan fingerprint density at radius 3 is 2.67 bits per heavy atom. The van der Waals surface area contributed by atoms with Crippen LogP contribution in [0.5, 0.6) is 0 Å². The number of hydrogen-bond acceptors (Lipinski definition) is 4. The lowest BCUT2D eigenvalue weighted by Crippen LogP contribution is -2.35. The van der Waals surface area contributed by atoms with Crippen molar-refractivity contribution in [1.82, 2.24) is 0 Å². The summed E-state index contributed by atoms with van der Waals surface area (Å²) in [7, 11) is 1.30. The van der Waals surface area contributed by atoms with Crippen molar-refractivity contribution in [2.24, 2.45) is 5.73 Å². The molecule has 0 aliphatic rings. The van der Waals surface area contributed by atoms with E-state index in [4.69, 9.17) is 5.73 Å². The van der Waals surface area contributed by atoms with Crippen molar-refractivity contribution in [3.63, 3.8) is 0 Å². The number of esters is 1. The van der Waals surface area contributed by atoms with Gasteiger partial charge >= 0.3 is 5.97 Å². The molecular weight excluding hydrogens is 232 g/mol. The first-order valence-corrected chi connectivity index (χ1v) is 5.84. The van der Waals surface area contributed by atoms with E-state index in [2.05, 4.69) is 10.1 Å². The second-order valence-electron chi connectivity index (χ2n) is 3.92. The molecule has 0 aromatic heterocycles. The van der Waals surface area contributed by atoms with Gasteiger partial charge in [-0.25, -0.2) is 4.79 Å². The minimum atomic E-state index is -0.569. The molecule has 5 heteroatoms. The van der Waals surface area contributed by atoms with Crippen LogP contribution in [0.1, 0.15) is 30.1 Å². The number of para-hydroxylation sites is 1. The van der Waals surface area contributed by atoms with E-state index in [1.54, 1.807) is 24.3 Å². The lowest BCUT2D eigenvalue weighted by atomic mass is 10.1. The van der Waals surface area contributed by atoms with E-state index in [-0.39, 0.29) is 5.91 Å². The molecule has 3 N–H and O–H groups in total. The van der Waals surface area contributed by atoms with E-state index in [1.807, 2.05) is 6.92 Å². The van der Waals surface area contributed by atoms with Crippen molar-refractivity contribution >= 4 is 17.6 Å². The highest BCUT2D eigenvalue weighted by Crippen LogP contribution is 2.16. The van der Waals surface area contributed by atoms with Crippen molar-refractivity contribution in [2.75, 3.05) is 12.4 Å². The number of hydrogen-bond donors (Lipinski definition) is 2. The zero-order valence-electron chi connectivity index (χ0n) is 10.6. The van der Waals surface area contributed by atoms with Gasteiger partial charge in [-0.3, -0.25) is 4.79 Å². The zero-order chi connectivity index (χ0) is 13.5. The number of nitrogens with two attached hydrogens (primary N) is 1. The van der Waals surface area contributed by atoms with Crippen LogP contribution < -0.4 is 11.1 Å². The molecule has 5 nitrogen and oxygen atoms in total. The third kappa shape index (κ3) is 3.56. The van der Waals surface area contributed by atoms with Crippen LogP contribution in [0.2, 0.25) is 0 Å². The van der Waals surface area contributed by atoms with Crippen LogP contribution in [-0.4, -0.2) is 25.0 Å². The molecule has 0 aliphatic carbocycles. The van der Waals surface area contributed by atoms with Crippen LogP contribution in [0.25, 0.3) is 0 Å². The summed E-state index contributed by atoms with van der Waals surface area (Å²) in [6.45, 7) is 1.95. The molecule has 0 fully saturated rings. The number of benzene rings is 1. The van der Waals surface area contributed by atoms with Crippen molar-refractivity contribution < 1.29 is 14.3 Å². The van der Waals surface area contributed by atoms with Crippen LogP contribution in [0.3, 0.4) is 0 Å². The van der Waals surface area contributed by atoms with Gasteiger partial charge in [-0.15, -0.1) is 0 Å². The van der Waals surface area contributed by atoms with E-state index < -0.39 is 12.0 Å². The Kier molecular flexibility index (Phi) is 5.32. The summed E-state index contributed by atoms with van der Waals surface area (Å²) in [4.78, 5) is 23.3. The lowest BCUT2D eigenvalue weighted by molar-refractivity contribution is -0.117. The molecular formula is C13H18N2O3. The average molecular weight is 250 g/mol. The Balaban J connectivity index is 2.84. The highest BCUT2D eigenvalue weighted by Gasteiger charge is 2.16. The maximum absolute atomic E-state index is 11.8. The summed E-state index contributed by atoms with van der Waals surface area (Å²) in [5.41, 5.74) is 6.44. The van der Waals surface area contributed by atoms with Crippen molar-refractivity contribution in [1.29, 1.82) is 0 Å². The summed E-state index contributed by atoms with van der Waals surface area (Å²) in [5.74, 6) is -0.789. The molecule has 0 unspecified atom stereocenters. The SMILES string of the molecule is CCC[C@H](N)C(=O)Nc1ccccc1C(=O)OC. The molecule has 0 heterocycles. The Morgan fingerprint density at radius 1 is 1.39 bits per heavy atom. The van der Waals surface area contributed by atoms with Crippen molar-refractivity contribution in [2.45, 2.75) is 25.8 Å². The monoisotopic (exact) mass is 250 g/mol. The van der Waals surface area contributed by atoms with Crippen LogP contribution in [0, 0.1) is 0 Å². The van der Waals surface area contributed by atoms with E-state index in [9.17, 15) is 9.59 Å². The zero-order valence-corrected chi connectivity index (χ0v) is 10.6. The summed E-state index contributed by atoms with van der Waals surface area (Å²) in [5, 5.41) is 2.65. The van der Waals surface area contributed by atoms with Gasteiger partial charge in [0.1, 0.15) is 0 Å². The lowest BCUT2D eigenvalue weighted by Gasteiger charge is -2.13. The molecule has 0 saturated carbocycles. The fraction of sp³-hybridized carbons (Fsp3) is 0.385. The molecule has 0 radical (unpaired) electrons. The van der Waals surface area contributed by atoms with Gasteiger partial charge in [0.05, 0.1) is 24.4 Å². The van der Waals surface area contributed by atoms with Gasteiger partial charge in [-0.05, 0) is 18.6 Å². The van der Waals surface area contributed by atoms with Gasteiger partial charge in [0.15, 0.2) is 0 Å². The molecule has 1 amide bonds. The predicted octanol–water partition coefficient (Wildman–Crippen LogP) is 1.54. The second-order valence-corrected chi connectivity index (χ2v) is 3.92. The normalized spacial score (nSPS) is 11.7. The number of methoxy groups -OCH3 is 1. The first-order valence-electron chi connectivity index (χ1n) is 5.84. The fourth-order valence-corrected chi connectivity index (χ4v) is 1.55. The van der Waals surface area contributed by atoms with Gasteiger partial charge < -0.3 is 15.8 Å². The van der Waals surface area contributed by atoms with Gasteiger partial charge in [-0.2, -0.15) is 0 Å². The van der Waals surface area contributed by atoms with E-state index in [0.29, 0.717) is 17.7 Å². The molecule has 18 heavy (non-hydrogen) atoms. The van der Waals surface area contributed by atoms with Gasteiger partial charge in [0.2, 0.25) is 5.91 Å². The Bertz CT molecular complexity index is 432. The largest absolute Gasteiger partial charge is 0.465 e. The predicted molar refractivity (Wildman–Crippen MR) is 69.3 cm³/mol. The van der Waals surface area contributed by atoms with Gasteiger partial charge in [0, 0.05) is 0 Å². The third-order valence-corrected chi connectivity index (χ3v) is 2.53. The minimum absolute atomic E-state index is 0.298. The van der Waals surface area contributed by atoms with Crippen molar-refractivity contribution in [3.05, 3.63) is 29.8 Å². The molecule has 1 rings (SSSR count). The van der Waals surface area contributed by atoms with E-state index in [0.717, 1.165) is 6.42 Å². The van der Waals surface area contributed by atoms with Crippen molar-refractivity contribution in [3.8, 4) is 0 Å². The Morgan fingerprint density at radius 2 is 2.06 bits per heavy atom. The Labute approximate surface area is 106 Å². The first kappa shape index (κ1) is 14.2. The molecule has 1 aromatic carbocycles. The van der Waals surface area contributed by atoms with Crippen LogP contribution in [0.4, 0.5) is 5.69 Å². The molecule has 0 bridgehead atoms. The summed E-state index contributed by atoms with van der Waals surface area (Å²) in [6.07, 6.45) is 1.43.